The zero-order valence-electron chi connectivity index (χ0n) is 11.7. The summed E-state index contributed by atoms with van der Waals surface area (Å²) in [7, 11) is 1.98. The van der Waals surface area contributed by atoms with Gasteiger partial charge in [0.2, 0.25) is 0 Å². The summed E-state index contributed by atoms with van der Waals surface area (Å²) in [5.74, 6) is 1.53. The van der Waals surface area contributed by atoms with Crippen LogP contribution in [0.3, 0.4) is 0 Å². The maximum atomic E-state index is 5.94. The molecule has 96 valence electrons. The fourth-order valence-electron chi connectivity index (χ4n) is 1.84. The standard InChI is InChI=1S/C15H25NO/c1-11(2)14-7-6-8-15(10-14)17-13(4)9-12(3)16-5/h6-8,10-13,16H,9H2,1-5H3. The molecule has 0 radical (unpaired) electrons. The lowest BCUT2D eigenvalue weighted by molar-refractivity contribution is 0.197. The molecule has 0 aromatic heterocycles. The molecule has 0 heterocycles. The second-order valence-electron chi connectivity index (χ2n) is 5.08. The van der Waals surface area contributed by atoms with Gasteiger partial charge in [0.25, 0.3) is 0 Å². The van der Waals surface area contributed by atoms with Gasteiger partial charge in [-0.3, -0.25) is 0 Å². The molecule has 17 heavy (non-hydrogen) atoms. The van der Waals surface area contributed by atoms with E-state index in [1.807, 2.05) is 13.1 Å². The van der Waals surface area contributed by atoms with Crippen LogP contribution in [0.1, 0.15) is 45.6 Å². The van der Waals surface area contributed by atoms with Gasteiger partial charge in [-0.1, -0.05) is 26.0 Å². The first-order chi connectivity index (χ1) is 8.02. The predicted octanol–water partition coefficient (Wildman–Crippen LogP) is 3.58. The van der Waals surface area contributed by atoms with E-state index in [9.17, 15) is 0 Å². The molecule has 2 heteroatoms. The fourth-order valence-corrected chi connectivity index (χ4v) is 1.84. The van der Waals surface area contributed by atoms with Crippen LogP contribution in [0.25, 0.3) is 0 Å². The van der Waals surface area contributed by atoms with E-state index < -0.39 is 0 Å². The molecular weight excluding hydrogens is 210 g/mol. The van der Waals surface area contributed by atoms with E-state index in [0.717, 1.165) is 12.2 Å². The van der Waals surface area contributed by atoms with Gasteiger partial charge < -0.3 is 10.1 Å². The highest BCUT2D eigenvalue weighted by atomic mass is 16.5. The van der Waals surface area contributed by atoms with Crippen LogP contribution in [0.5, 0.6) is 5.75 Å². The van der Waals surface area contributed by atoms with E-state index in [-0.39, 0.29) is 6.10 Å². The minimum atomic E-state index is 0.236. The quantitative estimate of drug-likeness (QED) is 0.814. The van der Waals surface area contributed by atoms with Gasteiger partial charge in [-0.2, -0.15) is 0 Å². The SMILES string of the molecule is CNC(C)CC(C)Oc1cccc(C(C)C)c1. The summed E-state index contributed by atoms with van der Waals surface area (Å²) >= 11 is 0. The average Bonchev–Trinajstić information content (AvgIpc) is 2.28. The second kappa shape index (κ2) is 6.65. The van der Waals surface area contributed by atoms with Gasteiger partial charge in [-0.05, 0) is 50.9 Å². The van der Waals surface area contributed by atoms with Crippen LogP contribution in [0, 0.1) is 0 Å². The van der Waals surface area contributed by atoms with Crippen LogP contribution in [0.2, 0.25) is 0 Å². The van der Waals surface area contributed by atoms with Gasteiger partial charge in [-0.25, -0.2) is 0 Å². The first-order valence-corrected chi connectivity index (χ1v) is 6.46. The zero-order valence-corrected chi connectivity index (χ0v) is 11.7. The van der Waals surface area contributed by atoms with Gasteiger partial charge in [0.15, 0.2) is 0 Å². The number of hydrogen-bond acceptors (Lipinski definition) is 2. The Morgan fingerprint density at radius 1 is 1.18 bits per heavy atom. The van der Waals surface area contributed by atoms with E-state index in [1.165, 1.54) is 5.56 Å². The van der Waals surface area contributed by atoms with Gasteiger partial charge in [0.1, 0.15) is 5.75 Å². The van der Waals surface area contributed by atoms with Crippen LogP contribution in [0.4, 0.5) is 0 Å². The first kappa shape index (κ1) is 14.0. The largest absolute Gasteiger partial charge is 0.491 e. The monoisotopic (exact) mass is 235 g/mol. The maximum Gasteiger partial charge on any atom is 0.119 e. The summed E-state index contributed by atoms with van der Waals surface area (Å²) in [5, 5.41) is 3.23. The second-order valence-corrected chi connectivity index (χ2v) is 5.08. The van der Waals surface area contributed by atoms with Crippen LogP contribution in [-0.4, -0.2) is 19.2 Å². The van der Waals surface area contributed by atoms with E-state index in [1.54, 1.807) is 0 Å². The Balaban J connectivity index is 2.58. The number of benzene rings is 1. The molecule has 0 saturated heterocycles. The number of hydrogen-bond donors (Lipinski definition) is 1. The molecular formula is C15H25NO. The molecule has 0 fully saturated rings. The van der Waals surface area contributed by atoms with Gasteiger partial charge in [0.05, 0.1) is 6.10 Å². The molecule has 0 amide bonds. The van der Waals surface area contributed by atoms with Gasteiger partial charge >= 0.3 is 0 Å². The Hall–Kier alpha value is -1.02. The minimum absolute atomic E-state index is 0.236. The van der Waals surface area contributed by atoms with Crippen LogP contribution >= 0.6 is 0 Å². The van der Waals surface area contributed by atoms with Crippen molar-refractivity contribution in [2.75, 3.05) is 7.05 Å². The van der Waals surface area contributed by atoms with E-state index >= 15 is 0 Å². The molecule has 0 spiro atoms. The third-order valence-corrected chi connectivity index (χ3v) is 3.04. The van der Waals surface area contributed by atoms with E-state index in [2.05, 4.69) is 51.2 Å². The molecule has 2 nitrogen and oxygen atoms in total. The van der Waals surface area contributed by atoms with Crippen LogP contribution < -0.4 is 10.1 Å². The normalized spacial score (nSPS) is 14.7. The molecule has 1 aromatic rings. The summed E-state index contributed by atoms with van der Waals surface area (Å²) in [6.07, 6.45) is 1.25. The molecule has 2 unspecified atom stereocenters. The van der Waals surface area contributed by atoms with Crippen molar-refractivity contribution in [3.05, 3.63) is 29.8 Å². The summed E-state index contributed by atoms with van der Waals surface area (Å²) in [5.41, 5.74) is 1.33. The lowest BCUT2D eigenvalue weighted by Gasteiger charge is -2.19. The summed E-state index contributed by atoms with van der Waals surface area (Å²) in [4.78, 5) is 0. The van der Waals surface area contributed by atoms with E-state index in [0.29, 0.717) is 12.0 Å². The Morgan fingerprint density at radius 2 is 1.88 bits per heavy atom. The van der Waals surface area contributed by atoms with Gasteiger partial charge in [-0.15, -0.1) is 0 Å². The molecule has 2 atom stereocenters. The summed E-state index contributed by atoms with van der Waals surface area (Å²) in [6.45, 7) is 8.69. The molecule has 0 aliphatic rings. The smallest absolute Gasteiger partial charge is 0.119 e. The lowest BCUT2D eigenvalue weighted by Crippen LogP contribution is -2.28. The Bertz CT molecular complexity index is 335. The van der Waals surface area contributed by atoms with Crippen LogP contribution in [0.15, 0.2) is 24.3 Å². The van der Waals surface area contributed by atoms with E-state index in [4.69, 9.17) is 4.74 Å². The highest BCUT2D eigenvalue weighted by molar-refractivity contribution is 5.30. The molecule has 0 aliphatic heterocycles. The number of rotatable bonds is 6. The molecule has 1 rings (SSSR count). The van der Waals surface area contributed by atoms with Crippen molar-refractivity contribution in [2.24, 2.45) is 0 Å². The fraction of sp³-hybridized carbons (Fsp3) is 0.600. The highest BCUT2D eigenvalue weighted by Crippen LogP contribution is 2.21. The summed E-state index contributed by atoms with van der Waals surface area (Å²) < 4.78 is 5.94. The van der Waals surface area contributed by atoms with Gasteiger partial charge in [0, 0.05) is 6.04 Å². The Labute approximate surface area is 105 Å². The molecule has 0 bridgehead atoms. The average molecular weight is 235 g/mol. The topological polar surface area (TPSA) is 21.3 Å². The van der Waals surface area contributed by atoms with Crippen molar-refractivity contribution >= 4 is 0 Å². The third-order valence-electron chi connectivity index (χ3n) is 3.04. The molecule has 1 aromatic carbocycles. The van der Waals surface area contributed by atoms with Crippen molar-refractivity contribution in [3.63, 3.8) is 0 Å². The molecule has 0 saturated carbocycles. The number of nitrogens with one attached hydrogen (secondary N) is 1. The maximum absolute atomic E-state index is 5.94. The Kier molecular flexibility index (Phi) is 5.49. The van der Waals surface area contributed by atoms with Crippen molar-refractivity contribution in [1.29, 1.82) is 0 Å². The predicted molar refractivity (Wildman–Crippen MR) is 73.8 cm³/mol. The molecule has 1 N–H and O–H groups in total. The van der Waals surface area contributed by atoms with Crippen LogP contribution in [-0.2, 0) is 0 Å². The third kappa shape index (κ3) is 4.78. The van der Waals surface area contributed by atoms with Crippen molar-refractivity contribution in [1.82, 2.24) is 5.32 Å². The molecule has 0 aliphatic carbocycles. The highest BCUT2D eigenvalue weighted by Gasteiger charge is 2.09. The van der Waals surface area contributed by atoms with Crippen molar-refractivity contribution in [2.45, 2.75) is 52.2 Å². The lowest BCUT2D eigenvalue weighted by atomic mass is 10.0. The first-order valence-electron chi connectivity index (χ1n) is 6.46. The zero-order chi connectivity index (χ0) is 12.8. The minimum Gasteiger partial charge on any atom is -0.491 e. The number of ether oxygens (including phenoxy) is 1. The summed E-state index contributed by atoms with van der Waals surface area (Å²) in [6, 6.07) is 8.88. The Morgan fingerprint density at radius 3 is 2.47 bits per heavy atom. The van der Waals surface area contributed by atoms with Crippen molar-refractivity contribution in [3.8, 4) is 5.75 Å². The van der Waals surface area contributed by atoms with Crippen molar-refractivity contribution < 1.29 is 4.74 Å².